The predicted octanol–water partition coefficient (Wildman–Crippen LogP) is 6.82. The number of amides is 2. The second-order valence-electron chi connectivity index (χ2n) is 6.87. The van der Waals surface area contributed by atoms with Crippen LogP contribution in [0.3, 0.4) is 0 Å². The number of nitrogens with zero attached hydrogens (tertiary/aromatic N) is 1. The molecule has 162 valence electrons. The van der Waals surface area contributed by atoms with Gasteiger partial charge in [-0.05, 0) is 43.2 Å². The molecule has 0 aliphatic heterocycles. The summed E-state index contributed by atoms with van der Waals surface area (Å²) in [5, 5.41) is 8.11. The zero-order chi connectivity index (χ0) is 22.2. The smallest absolute Gasteiger partial charge is 0.239 e. The summed E-state index contributed by atoms with van der Waals surface area (Å²) in [4.78, 5) is 30.2. The molecule has 0 radical (unpaired) electrons. The lowest BCUT2D eigenvalue weighted by molar-refractivity contribution is -0.116. The fourth-order valence-corrected chi connectivity index (χ4v) is 4.85. The van der Waals surface area contributed by atoms with Crippen LogP contribution in [0.25, 0.3) is 11.3 Å². The van der Waals surface area contributed by atoms with Crippen molar-refractivity contribution in [1.29, 1.82) is 0 Å². The van der Waals surface area contributed by atoms with E-state index >= 15 is 0 Å². The second-order valence-corrected chi connectivity index (χ2v) is 9.92. The molecule has 1 aromatic heterocycles. The summed E-state index contributed by atoms with van der Waals surface area (Å²) >= 11 is 6.33. The molecule has 3 aromatic rings. The summed E-state index contributed by atoms with van der Waals surface area (Å²) in [6.45, 7) is 3.96. The molecule has 31 heavy (non-hydrogen) atoms. The summed E-state index contributed by atoms with van der Waals surface area (Å²) in [6, 6.07) is 15.5. The molecule has 0 aliphatic carbocycles. The van der Waals surface area contributed by atoms with Crippen LogP contribution >= 0.6 is 39.0 Å². The maximum atomic E-state index is 12.8. The van der Waals surface area contributed by atoms with Gasteiger partial charge >= 0.3 is 0 Å². The van der Waals surface area contributed by atoms with E-state index in [-0.39, 0.29) is 17.1 Å². The minimum Gasteiger partial charge on any atom is -0.326 e. The Kier molecular flexibility index (Phi) is 8.69. The highest BCUT2D eigenvalue weighted by atomic mass is 79.9. The van der Waals surface area contributed by atoms with Gasteiger partial charge in [-0.15, -0.1) is 23.1 Å². The number of thioether (sulfide) groups is 1. The van der Waals surface area contributed by atoms with Crippen molar-refractivity contribution in [3.63, 3.8) is 0 Å². The van der Waals surface area contributed by atoms with E-state index < -0.39 is 0 Å². The van der Waals surface area contributed by atoms with E-state index in [1.165, 1.54) is 23.1 Å². The predicted molar refractivity (Wildman–Crippen MR) is 134 cm³/mol. The van der Waals surface area contributed by atoms with Gasteiger partial charge in [0, 0.05) is 32.4 Å². The summed E-state index contributed by atoms with van der Waals surface area (Å²) in [5.74, 6) is -0.0792. The van der Waals surface area contributed by atoms with Crippen LogP contribution in [0.4, 0.5) is 10.8 Å². The van der Waals surface area contributed by atoms with Crippen LogP contribution in [0.1, 0.15) is 33.1 Å². The van der Waals surface area contributed by atoms with Crippen LogP contribution in [-0.2, 0) is 9.59 Å². The first-order valence-electron chi connectivity index (χ1n) is 10.1. The van der Waals surface area contributed by atoms with Crippen molar-refractivity contribution < 1.29 is 9.59 Å². The molecule has 0 spiro atoms. The fourth-order valence-electron chi connectivity index (χ4n) is 2.85. The van der Waals surface area contributed by atoms with Gasteiger partial charge in [-0.1, -0.05) is 48.0 Å². The Morgan fingerprint density at radius 2 is 1.90 bits per heavy atom. The molecule has 8 heteroatoms. The van der Waals surface area contributed by atoms with E-state index in [1.54, 1.807) is 0 Å². The second kappa shape index (κ2) is 11.5. The Labute approximate surface area is 199 Å². The average Bonchev–Trinajstić information content (AvgIpc) is 3.21. The molecule has 0 fully saturated rings. The van der Waals surface area contributed by atoms with Gasteiger partial charge in [-0.2, -0.15) is 0 Å². The molecule has 1 unspecified atom stereocenters. The number of hydrogen-bond donors (Lipinski definition) is 2. The third-order valence-corrected chi connectivity index (χ3v) is 7.06. The Hall–Kier alpha value is -2.16. The first-order chi connectivity index (χ1) is 15.0. The van der Waals surface area contributed by atoms with Gasteiger partial charge in [0.05, 0.1) is 10.9 Å². The standard InChI is InChI=1S/C23H24BrN3O2S2/c1-3-6-21(28)25-17-7-5-8-18(13-17)31-20(4-2)22(29)27-23-26-19(14-30-23)15-9-11-16(24)12-10-15/h5,7-14,20H,3-4,6H2,1-2H3,(H,25,28)(H,26,27,29). The third kappa shape index (κ3) is 6.92. The van der Waals surface area contributed by atoms with Crippen LogP contribution in [0.15, 0.2) is 63.3 Å². The van der Waals surface area contributed by atoms with Crippen molar-refractivity contribution in [2.24, 2.45) is 0 Å². The number of thiazole rings is 1. The highest BCUT2D eigenvalue weighted by Gasteiger charge is 2.20. The molecule has 3 rings (SSSR count). The molecule has 2 N–H and O–H groups in total. The average molecular weight is 519 g/mol. The molecule has 5 nitrogen and oxygen atoms in total. The number of aromatic nitrogens is 1. The van der Waals surface area contributed by atoms with E-state index in [0.29, 0.717) is 18.0 Å². The Morgan fingerprint density at radius 1 is 1.13 bits per heavy atom. The third-order valence-electron chi connectivity index (χ3n) is 4.41. The zero-order valence-electron chi connectivity index (χ0n) is 17.4. The largest absolute Gasteiger partial charge is 0.326 e. The Bertz CT molecular complexity index is 1040. The molecule has 2 amide bonds. The summed E-state index contributed by atoms with van der Waals surface area (Å²) in [6.07, 6.45) is 1.97. The van der Waals surface area contributed by atoms with E-state index in [2.05, 4.69) is 31.5 Å². The Morgan fingerprint density at radius 3 is 2.61 bits per heavy atom. The van der Waals surface area contributed by atoms with E-state index in [4.69, 9.17) is 0 Å². The molecule has 0 bridgehead atoms. The van der Waals surface area contributed by atoms with Gasteiger partial charge < -0.3 is 10.6 Å². The molecule has 0 saturated carbocycles. The maximum absolute atomic E-state index is 12.8. The highest BCUT2D eigenvalue weighted by Crippen LogP contribution is 2.30. The molecule has 1 atom stereocenters. The highest BCUT2D eigenvalue weighted by molar-refractivity contribution is 9.10. The first kappa shape index (κ1) is 23.5. The van der Waals surface area contributed by atoms with E-state index in [1.807, 2.05) is 67.8 Å². The number of carbonyl (C=O) groups is 2. The lowest BCUT2D eigenvalue weighted by Gasteiger charge is -2.14. The molecular weight excluding hydrogens is 494 g/mol. The SMILES string of the molecule is CCCC(=O)Nc1cccc(SC(CC)C(=O)Nc2nc(-c3ccc(Br)cc3)cs2)c1. The van der Waals surface area contributed by atoms with Crippen LogP contribution in [0.2, 0.25) is 0 Å². The minimum atomic E-state index is -0.262. The van der Waals surface area contributed by atoms with Gasteiger partial charge in [0.2, 0.25) is 11.8 Å². The van der Waals surface area contributed by atoms with Gasteiger partial charge in [-0.3, -0.25) is 9.59 Å². The van der Waals surface area contributed by atoms with Crippen molar-refractivity contribution in [3.8, 4) is 11.3 Å². The number of halogens is 1. The fraction of sp³-hybridized carbons (Fsp3) is 0.261. The number of carbonyl (C=O) groups excluding carboxylic acids is 2. The minimum absolute atomic E-state index is 0.000201. The topological polar surface area (TPSA) is 71.1 Å². The van der Waals surface area contributed by atoms with Crippen LogP contribution in [0, 0.1) is 0 Å². The zero-order valence-corrected chi connectivity index (χ0v) is 20.6. The quantitative estimate of drug-likeness (QED) is 0.305. The van der Waals surface area contributed by atoms with Gasteiger partial charge in [0.1, 0.15) is 0 Å². The number of hydrogen-bond acceptors (Lipinski definition) is 5. The van der Waals surface area contributed by atoms with Crippen molar-refractivity contribution in [2.75, 3.05) is 10.6 Å². The number of benzene rings is 2. The number of rotatable bonds is 9. The van der Waals surface area contributed by atoms with E-state index in [0.717, 1.165) is 32.7 Å². The summed E-state index contributed by atoms with van der Waals surface area (Å²) in [7, 11) is 0. The van der Waals surface area contributed by atoms with Crippen molar-refractivity contribution in [3.05, 3.63) is 58.4 Å². The monoisotopic (exact) mass is 517 g/mol. The van der Waals surface area contributed by atoms with Crippen molar-refractivity contribution in [2.45, 2.75) is 43.3 Å². The number of nitrogens with one attached hydrogen (secondary N) is 2. The summed E-state index contributed by atoms with van der Waals surface area (Å²) < 4.78 is 1.01. The maximum Gasteiger partial charge on any atom is 0.239 e. The van der Waals surface area contributed by atoms with Crippen molar-refractivity contribution in [1.82, 2.24) is 4.98 Å². The molecule has 2 aromatic carbocycles. The van der Waals surface area contributed by atoms with Gasteiger partial charge in [0.15, 0.2) is 5.13 Å². The lowest BCUT2D eigenvalue weighted by atomic mass is 10.2. The molecule has 0 aliphatic rings. The Balaban J connectivity index is 1.63. The van der Waals surface area contributed by atoms with Crippen LogP contribution in [-0.4, -0.2) is 22.0 Å². The molecule has 0 saturated heterocycles. The summed E-state index contributed by atoms with van der Waals surface area (Å²) in [5.41, 5.74) is 2.59. The van der Waals surface area contributed by atoms with Gasteiger partial charge in [-0.25, -0.2) is 4.98 Å². The van der Waals surface area contributed by atoms with E-state index in [9.17, 15) is 9.59 Å². The normalized spacial score (nSPS) is 11.7. The lowest BCUT2D eigenvalue weighted by Crippen LogP contribution is -2.24. The first-order valence-corrected chi connectivity index (χ1v) is 12.6. The number of anilines is 2. The van der Waals surface area contributed by atoms with Crippen LogP contribution < -0.4 is 10.6 Å². The molecular formula is C23H24BrN3O2S2. The van der Waals surface area contributed by atoms with Crippen LogP contribution in [0.5, 0.6) is 0 Å². The van der Waals surface area contributed by atoms with Crippen molar-refractivity contribution >= 4 is 61.7 Å². The molecule has 1 heterocycles. The van der Waals surface area contributed by atoms with Gasteiger partial charge in [0.25, 0.3) is 0 Å².